The van der Waals surface area contributed by atoms with Crippen LogP contribution in [0.2, 0.25) is 0 Å². The van der Waals surface area contributed by atoms with Crippen molar-refractivity contribution < 1.29 is 38.4 Å². The predicted octanol–water partition coefficient (Wildman–Crippen LogP) is 2.44. The molecular formula is C31H44N4O9. The second-order valence-electron chi connectivity index (χ2n) is 10.9. The highest BCUT2D eigenvalue weighted by Gasteiger charge is 2.32. The molecule has 3 atom stereocenters. The summed E-state index contributed by atoms with van der Waals surface area (Å²) < 4.78 is 28.4. The molecule has 2 aliphatic heterocycles. The highest BCUT2D eigenvalue weighted by molar-refractivity contribution is 5.77. The minimum Gasteiger partial charge on any atom is -0.490 e. The Morgan fingerprint density at radius 2 is 1.89 bits per heavy atom. The maximum Gasteiger partial charge on any atom is 0.295 e. The zero-order valence-corrected chi connectivity index (χ0v) is 25.5. The van der Waals surface area contributed by atoms with E-state index in [0.29, 0.717) is 59.2 Å². The highest BCUT2D eigenvalue weighted by atomic mass is 16.9. The van der Waals surface area contributed by atoms with Crippen LogP contribution in [0.1, 0.15) is 35.4 Å². The lowest BCUT2D eigenvalue weighted by Crippen LogP contribution is -2.51. The Kier molecular flexibility index (Phi) is 13.4. The average molecular weight is 617 g/mol. The van der Waals surface area contributed by atoms with Gasteiger partial charge in [-0.1, -0.05) is 30.3 Å². The topological polar surface area (TPSA) is 143 Å². The van der Waals surface area contributed by atoms with Gasteiger partial charge in [-0.3, -0.25) is 4.79 Å². The standard InChI is InChI=1S/C31H44N4O9/c1-39-12-3-10-34-11-13-42-29-9-6-24(16-28(29)34)21-43-30-19-32-26(18-33-31(36)22-44-35(37)38)17-27(30)25-7-4-23(5-8-25)20-41-15-14-40-2/h4-9,16,26-27,30,32H,3,10-15,17-22H2,1-2H3,(H,33,36)/t26-,27-,30+/m1/s1. The normalized spacial score (nSPS) is 19.6. The number of carbonyl (C=O) groups is 1. The van der Waals surface area contributed by atoms with Crippen LogP contribution in [-0.4, -0.2) is 96.6 Å². The van der Waals surface area contributed by atoms with Gasteiger partial charge in [-0.25, -0.2) is 0 Å². The lowest BCUT2D eigenvalue weighted by Gasteiger charge is -2.37. The Balaban J connectivity index is 1.41. The summed E-state index contributed by atoms with van der Waals surface area (Å²) in [5.74, 6) is 0.404. The first-order chi connectivity index (χ1) is 21.5. The van der Waals surface area contributed by atoms with Crippen molar-refractivity contribution in [3.8, 4) is 5.75 Å². The van der Waals surface area contributed by atoms with Gasteiger partial charge in [0.25, 0.3) is 5.09 Å². The molecule has 44 heavy (non-hydrogen) atoms. The molecule has 2 heterocycles. The Morgan fingerprint density at radius 1 is 1.09 bits per heavy atom. The van der Waals surface area contributed by atoms with Crippen LogP contribution < -0.4 is 20.3 Å². The van der Waals surface area contributed by atoms with Crippen molar-refractivity contribution in [1.29, 1.82) is 0 Å². The molecule has 13 nitrogen and oxygen atoms in total. The third-order valence-corrected chi connectivity index (χ3v) is 7.77. The molecule has 0 aromatic heterocycles. The van der Waals surface area contributed by atoms with Crippen molar-refractivity contribution in [2.24, 2.45) is 0 Å². The Bertz CT molecular complexity index is 1180. The van der Waals surface area contributed by atoms with Crippen molar-refractivity contribution in [2.75, 3.05) is 78.3 Å². The number of benzene rings is 2. The fourth-order valence-corrected chi connectivity index (χ4v) is 5.48. The van der Waals surface area contributed by atoms with Gasteiger partial charge in [-0.15, -0.1) is 10.1 Å². The fraction of sp³-hybridized carbons (Fsp3) is 0.581. The van der Waals surface area contributed by atoms with E-state index in [1.165, 1.54) is 0 Å². The summed E-state index contributed by atoms with van der Waals surface area (Å²) in [6.45, 7) is 5.39. The van der Waals surface area contributed by atoms with Crippen molar-refractivity contribution in [2.45, 2.75) is 44.1 Å². The first-order valence-corrected chi connectivity index (χ1v) is 15.0. The Labute approximate surface area is 258 Å². The summed E-state index contributed by atoms with van der Waals surface area (Å²) in [5, 5.41) is 15.6. The van der Waals surface area contributed by atoms with Gasteiger partial charge in [0.1, 0.15) is 12.4 Å². The van der Waals surface area contributed by atoms with E-state index in [4.69, 9.17) is 23.7 Å². The number of nitrogens with one attached hydrogen (secondary N) is 2. The van der Waals surface area contributed by atoms with E-state index < -0.39 is 17.6 Å². The molecule has 1 fully saturated rings. The van der Waals surface area contributed by atoms with E-state index in [0.717, 1.165) is 47.6 Å². The molecule has 2 aliphatic rings. The van der Waals surface area contributed by atoms with E-state index in [9.17, 15) is 14.9 Å². The monoisotopic (exact) mass is 616 g/mol. The van der Waals surface area contributed by atoms with Gasteiger partial charge < -0.3 is 44.1 Å². The van der Waals surface area contributed by atoms with Crippen molar-refractivity contribution in [1.82, 2.24) is 10.6 Å². The molecule has 0 unspecified atom stereocenters. The highest BCUT2D eigenvalue weighted by Crippen LogP contribution is 2.34. The zero-order chi connectivity index (χ0) is 31.1. The number of hydrogen-bond donors (Lipinski definition) is 2. The van der Waals surface area contributed by atoms with Crippen LogP contribution in [0.5, 0.6) is 5.75 Å². The van der Waals surface area contributed by atoms with E-state index in [1.807, 2.05) is 12.1 Å². The van der Waals surface area contributed by atoms with Crippen molar-refractivity contribution in [3.05, 3.63) is 69.3 Å². The van der Waals surface area contributed by atoms with Gasteiger partial charge in [0.2, 0.25) is 5.91 Å². The summed E-state index contributed by atoms with van der Waals surface area (Å²) >= 11 is 0. The molecule has 242 valence electrons. The summed E-state index contributed by atoms with van der Waals surface area (Å²) in [5.41, 5.74) is 4.34. The van der Waals surface area contributed by atoms with Gasteiger partial charge in [-0.05, 0) is 41.7 Å². The number of fused-ring (bicyclic) bond motifs is 1. The SMILES string of the molecule is COCCCN1CCOc2ccc(CO[C@H]3CN[C@@H](CNC(=O)CO[N+](=O)[O-])C[C@@H]3c3ccc(COCCOC)cc3)cc21. The summed E-state index contributed by atoms with van der Waals surface area (Å²) in [6, 6.07) is 14.5. The Morgan fingerprint density at radius 3 is 2.66 bits per heavy atom. The molecule has 2 aromatic carbocycles. The number of methoxy groups -OCH3 is 2. The quantitative estimate of drug-likeness (QED) is 0.145. The number of anilines is 1. The lowest BCUT2D eigenvalue weighted by molar-refractivity contribution is -0.754. The van der Waals surface area contributed by atoms with Gasteiger partial charge >= 0.3 is 0 Å². The number of hydrogen-bond acceptors (Lipinski definition) is 11. The Hall–Kier alpha value is -3.49. The molecule has 13 heteroatoms. The maximum absolute atomic E-state index is 12.0. The number of amides is 1. The average Bonchev–Trinajstić information content (AvgIpc) is 3.04. The van der Waals surface area contributed by atoms with Crippen LogP contribution >= 0.6 is 0 Å². The van der Waals surface area contributed by atoms with Gasteiger partial charge in [0.05, 0.1) is 44.8 Å². The second kappa shape index (κ2) is 17.7. The van der Waals surface area contributed by atoms with Crippen molar-refractivity contribution in [3.63, 3.8) is 0 Å². The van der Waals surface area contributed by atoms with Crippen LogP contribution in [0, 0.1) is 10.1 Å². The molecule has 1 saturated heterocycles. The molecule has 4 rings (SSSR count). The molecule has 0 saturated carbocycles. The molecule has 0 aliphatic carbocycles. The van der Waals surface area contributed by atoms with Crippen LogP contribution in [0.3, 0.4) is 0 Å². The third kappa shape index (κ3) is 10.3. The van der Waals surface area contributed by atoms with E-state index >= 15 is 0 Å². The number of piperidine rings is 1. The van der Waals surface area contributed by atoms with Crippen LogP contribution in [0.4, 0.5) is 5.69 Å². The predicted molar refractivity (Wildman–Crippen MR) is 162 cm³/mol. The van der Waals surface area contributed by atoms with E-state index in [1.54, 1.807) is 14.2 Å². The summed E-state index contributed by atoms with van der Waals surface area (Å²) in [4.78, 5) is 28.9. The second-order valence-corrected chi connectivity index (χ2v) is 10.9. The minimum atomic E-state index is -0.975. The molecule has 0 spiro atoms. The van der Waals surface area contributed by atoms with Crippen LogP contribution in [0.15, 0.2) is 42.5 Å². The van der Waals surface area contributed by atoms with Gasteiger partial charge in [0, 0.05) is 52.4 Å². The molecule has 0 radical (unpaired) electrons. The number of ether oxygens (including phenoxy) is 5. The minimum absolute atomic E-state index is 0.0435. The van der Waals surface area contributed by atoms with E-state index in [-0.39, 0.29) is 18.1 Å². The number of carbonyl (C=O) groups excluding carboxylic acids is 1. The molecular weight excluding hydrogens is 572 g/mol. The van der Waals surface area contributed by atoms with Crippen LogP contribution in [-0.2, 0) is 41.8 Å². The van der Waals surface area contributed by atoms with Gasteiger partial charge in [-0.2, -0.15) is 0 Å². The molecule has 2 aromatic rings. The summed E-state index contributed by atoms with van der Waals surface area (Å²) in [7, 11) is 3.37. The molecule has 2 N–H and O–H groups in total. The van der Waals surface area contributed by atoms with Crippen molar-refractivity contribution >= 4 is 11.6 Å². The molecule has 0 bridgehead atoms. The lowest BCUT2D eigenvalue weighted by atomic mass is 9.83. The molecule has 1 amide bonds. The van der Waals surface area contributed by atoms with Gasteiger partial charge in [0.15, 0.2) is 6.61 Å². The van der Waals surface area contributed by atoms with Crippen LogP contribution in [0.25, 0.3) is 0 Å². The largest absolute Gasteiger partial charge is 0.490 e. The maximum atomic E-state index is 12.0. The first-order valence-electron chi connectivity index (χ1n) is 15.0. The van der Waals surface area contributed by atoms with E-state index in [2.05, 4.69) is 50.7 Å². The number of rotatable bonds is 18. The third-order valence-electron chi connectivity index (χ3n) is 7.77. The first kappa shape index (κ1) is 33.4. The summed E-state index contributed by atoms with van der Waals surface area (Å²) in [6.07, 6.45) is 1.53. The fourth-order valence-electron chi connectivity index (χ4n) is 5.48. The zero-order valence-electron chi connectivity index (χ0n) is 25.5. The smallest absolute Gasteiger partial charge is 0.295 e. The number of nitrogens with zero attached hydrogens (tertiary/aromatic N) is 2.